The fraction of sp³-hybridized carbons (Fsp3) is 0.350. The smallest absolute Gasteiger partial charge is 0.255 e. The van der Waals surface area contributed by atoms with Crippen LogP contribution < -0.4 is 0 Å². The summed E-state index contributed by atoms with van der Waals surface area (Å²) < 4.78 is 7.80. The number of morpholine rings is 1. The summed E-state index contributed by atoms with van der Waals surface area (Å²) in [6.45, 7) is 5.46. The third kappa shape index (κ3) is 2.52. The van der Waals surface area contributed by atoms with Gasteiger partial charge in [0.1, 0.15) is 6.04 Å². The van der Waals surface area contributed by atoms with Crippen molar-refractivity contribution in [3.8, 4) is 11.6 Å². The minimum absolute atomic E-state index is 0.0197. The predicted octanol–water partition coefficient (Wildman–Crippen LogP) is 1.95. The minimum Gasteiger partial charge on any atom is -0.377 e. The van der Waals surface area contributed by atoms with Crippen LogP contribution in [0, 0.1) is 13.8 Å². The van der Waals surface area contributed by atoms with Crippen molar-refractivity contribution < 1.29 is 9.53 Å². The Morgan fingerprint density at radius 1 is 1.11 bits per heavy atom. The van der Waals surface area contributed by atoms with E-state index in [4.69, 9.17) is 4.74 Å². The maximum atomic E-state index is 13.5. The third-order valence-electron chi connectivity index (χ3n) is 5.62. The summed E-state index contributed by atoms with van der Waals surface area (Å²) in [4.78, 5) is 24.0. The second-order valence-electron chi connectivity index (χ2n) is 7.23. The monoisotopic (exact) mass is 376 g/mol. The molecule has 0 aliphatic carbocycles. The molecule has 0 saturated carbocycles. The molecule has 8 heteroatoms. The molecular formula is C20H20N6O2. The van der Waals surface area contributed by atoms with Gasteiger partial charge in [0, 0.05) is 24.5 Å². The Kier molecular flexibility index (Phi) is 3.94. The highest BCUT2D eigenvalue weighted by Gasteiger charge is 2.44. The Balaban J connectivity index is 1.56. The van der Waals surface area contributed by atoms with Crippen LogP contribution in [0.15, 0.2) is 36.7 Å². The van der Waals surface area contributed by atoms with Gasteiger partial charge >= 0.3 is 0 Å². The number of carbonyl (C=O) groups is 1. The van der Waals surface area contributed by atoms with Crippen LogP contribution in [0.2, 0.25) is 0 Å². The van der Waals surface area contributed by atoms with Crippen LogP contribution in [-0.2, 0) is 11.3 Å². The summed E-state index contributed by atoms with van der Waals surface area (Å²) in [5, 5.41) is 8.70. The van der Waals surface area contributed by atoms with Gasteiger partial charge < -0.3 is 14.2 Å². The zero-order chi connectivity index (χ0) is 19.3. The lowest BCUT2D eigenvalue weighted by Gasteiger charge is -2.45. The van der Waals surface area contributed by atoms with Crippen molar-refractivity contribution in [2.75, 3.05) is 13.2 Å². The Morgan fingerprint density at radius 2 is 1.93 bits per heavy atom. The quantitative estimate of drug-likeness (QED) is 0.679. The molecule has 8 nitrogen and oxygen atoms in total. The van der Waals surface area contributed by atoms with Crippen LogP contribution in [0.1, 0.15) is 33.4 Å². The number of fused-ring (bicyclic) bond motifs is 4. The lowest BCUT2D eigenvalue weighted by molar-refractivity contribution is -0.0569. The fourth-order valence-corrected chi connectivity index (χ4v) is 4.03. The highest BCUT2D eigenvalue weighted by Crippen LogP contribution is 2.35. The molecule has 2 atom stereocenters. The SMILES string of the molecule is Cc1cccc(C(=O)N2[C@H]3COC[C@@H]2c2nnc(-c4ncccn4)n2C3)c1C. The van der Waals surface area contributed by atoms with Crippen molar-refractivity contribution in [1.29, 1.82) is 0 Å². The number of nitrogens with zero attached hydrogens (tertiary/aromatic N) is 6. The van der Waals surface area contributed by atoms with Crippen LogP contribution in [0.5, 0.6) is 0 Å². The van der Waals surface area contributed by atoms with E-state index < -0.39 is 0 Å². The van der Waals surface area contributed by atoms with Gasteiger partial charge in [0.2, 0.25) is 5.82 Å². The van der Waals surface area contributed by atoms with Crippen molar-refractivity contribution in [1.82, 2.24) is 29.6 Å². The summed E-state index contributed by atoms with van der Waals surface area (Å²) in [5.41, 5.74) is 2.85. The van der Waals surface area contributed by atoms with Gasteiger partial charge in [-0.3, -0.25) is 4.79 Å². The molecule has 4 heterocycles. The van der Waals surface area contributed by atoms with E-state index in [-0.39, 0.29) is 18.0 Å². The first-order valence-corrected chi connectivity index (χ1v) is 9.32. The maximum Gasteiger partial charge on any atom is 0.255 e. The summed E-state index contributed by atoms with van der Waals surface area (Å²) in [6, 6.07) is 7.25. The first kappa shape index (κ1) is 17.0. The third-order valence-corrected chi connectivity index (χ3v) is 5.62. The number of aryl methyl sites for hydroxylation is 1. The van der Waals surface area contributed by atoms with Crippen LogP contribution in [-0.4, -0.2) is 54.8 Å². The lowest BCUT2D eigenvalue weighted by atomic mass is 9.98. The highest BCUT2D eigenvalue weighted by molar-refractivity contribution is 5.96. The molecule has 0 unspecified atom stereocenters. The molecule has 0 spiro atoms. The summed E-state index contributed by atoms with van der Waals surface area (Å²) >= 11 is 0. The van der Waals surface area contributed by atoms with E-state index in [2.05, 4.69) is 20.2 Å². The first-order valence-electron chi connectivity index (χ1n) is 9.32. The van der Waals surface area contributed by atoms with Crippen molar-refractivity contribution in [3.05, 3.63) is 59.2 Å². The summed E-state index contributed by atoms with van der Waals surface area (Å²) in [6.07, 6.45) is 3.38. The van der Waals surface area contributed by atoms with E-state index in [9.17, 15) is 4.79 Å². The molecule has 1 amide bonds. The Hall–Kier alpha value is -3.13. The van der Waals surface area contributed by atoms with E-state index in [1.807, 2.05) is 41.5 Å². The van der Waals surface area contributed by atoms with Gasteiger partial charge in [-0.25, -0.2) is 9.97 Å². The topological polar surface area (TPSA) is 86.0 Å². The summed E-state index contributed by atoms with van der Waals surface area (Å²) in [7, 11) is 0. The molecule has 1 saturated heterocycles. The fourth-order valence-electron chi connectivity index (χ4n) is 4.03. The largest absolute Gasteiger partial charge is 0.377 e. The van der Waals surface area contributed by atoms with E-state index in [0.717, 1.165) is 22.5 Å². The van der Waals surface area contributed by atoms with E-state index in [1.165, 1.54) is 0 Å². The Labute approximate surface area is 162 Å². The van der Waals surface area contributed by atoms with Crippen LogP contribution in [0.25, 0.3) is 11.6 Å². The molecule has 1 aromatic carbocycles. The van der Waals surface area contributed by atoms with Gasteiger partial charge in [-0.05, 0) is 37.1 Å². The molecule has 2 aromatic heterocycles. The van der Waals surface area contributed by atoms with Gasteiger partial charge in [-0.2, -0.15) is 0 Å². The van der Waals surface area contributed by atoms with Crippen LogP contribution >= 0.6 is 0 Å². The Bertz CT molecular complexity index is 1050. The molecule has 2 aliphatic rings. The molecule has 2 bridgehead atoms. The number of benzene rings is 1. The summed E-state index contributed by atoms with van der Waals surface area (Å²) in [5.74, 6) is 1.91. The highest BCUT2D eigenvalue weighted by atomic mass is 16.5. The molecule has 1 fully saturated rings. The molecule has 0 radical (unpaired) electrons. The zero-order valence-electron chi connectivity index (χ0n) is 15.7. The second-order valence-corrected chi connectivity index (χ2v) is 7.23. The molecule has 0 N–H and O–H groups in total. The molecule has 28 heavy (non-hydrogen) atoms. The van der Waals surface area contributed by atoms with Crippen molar-refractivity contribution in [2.45, 2.75) is 32.5 Å². The van der Waals surface area contributed by atoms with Crippen molar-refractivity contribution in [3.63, 3.8) is 0 Å². The van der Waals surface area contributed by atoms with Crippen LogP contribution in [0.3, 0.4) is 0 Å². The zero-order valence-corrected chi connectivity index (χ0v) is 15.7. The predicted molar refractivity (Wildman–Crippen MR) is 100 cm³/mol. The normalized spacial score (nSPS) is 20.7. The van der Waals surface area contributed by atoms with E-state index in [0.29, 0.717) is 31.4 Å². The molecule has 2 aliphatic heterocycles. The van der Waals surface area contributed by atoms with Gasteiger partial charge in [0.25, 0.3) is 5.91 Å². The van der Waals surface area contributed by atoms with Gasteiger partial charge in [0.05, 0.1) is 19.3 Å². The number of ether oxygens (including phenoxy) is 1. The van der Waals surface area contributed by atoms with Crippen LogP contribution in [0.4, 0.5) is 0 Å². The average molecular weight is 376 g/mol. The van der Waals surface area contributed by atoms with Gasteiger partial charge in [0.15, 0.2) is 11.6 Å². The number of hydrogen-bond donors (Lipinski definition) is 0. The number of carbonyl (C=O) groups excluding carboxylic acids is 1. The maximum absolute atomic E-state index is 13.5. The Morgan fingerprint density at radius 3 is 2.75 bits per heavy atom. The van der Waals surface area contributed by atoms with E-state index >= 15 is 0 Å². The molecule has 5 rings (SSSR count). The van der Waals surface area contributed by atoms with E-state index in [1.54, 1.807) is 18.5 Å². The molecule has 3 aromatic rings. The number of aromatic nitrogens is 5. The number of hydrogen-bond acceptors (Lipinski definition) is 6. The number of rotatable bonds is 2. The lowest BCUT2D eigenvalue weighted by Crippen LogP contribution is -2.56. The number of amides is 1. The van der Waals surface area contributed by atoms with Gasteiger partial charge in [-0.15, -0.1) is 10.2 Å². The van der Waals surface area contributed by atoms with Gasteiger partial charge in [-0.1, -0.05) is 12.1 Å². The molecule has 142 valence electrons. The van der Waals surface area contributed by atoms with Crippen molar-refractivity contribution >= 4 is 5.91 Å². The first-order chi connectivity index (χ1) is 13.6. The standard InChI is InChI=1S/C20H20N6O2/c1-12-5-3-6-15(13(12)2)20(27)26-14-9-25-18(16(26)11-28-10-14)23-24-19(25)17-21-7-4-8-22-17/h3-8,14,16H,9-11H2,1-2H3/t14-,16-/m1/s1. The second kappa shape index (κ2) is 6.49. The minimum atomic E-state index is -0.273. The molecular weight excluding hydrogens is 356 g/mol. The average Bonchev–Trinajstić information content (AvgIpc) is 3.13. The van der Waals surface area contributed by atoms with Crippen molar-refractivity contribution in [2.24, 2.45) is 0 Å².